The Balaban J connectivity index is 0.994. The Kier molecular flexibility index (Phi) is 14.0. The average molecular weight is 1250 g/mol. The Labute approximate surface area is 563 Å². The molecule has 16 aromatic rings. The largest absolute Gasteiger partial charge is 0.311 e. The summed E-state index contributed by atoms with van der Waals surface area (Å²) in [6.45, 7) is -0.226. The van der Waals surface area contributed by atoms with E-state index in [4.69, 9.17) is 0 Å². The molecule has 3 heterocycles. The van der Waals surface area contributed by atoms with Gasteiger partial charge in [0.1, 0.15) is 0 Å². The van der Waals surface area contributed by atoms with Gasteiger partial charge in [-0.1, -0.05) is 328 Å². The molecule has 0 saturated heterocycles. The van der Waals surface area contributed by atoms with Gasteiger partial charge >= 0.3 is 0 Å². The molecule has 18 rings (SSSR count). The lowest BCUT2D eigenvalue weighted by Crippen LogP contribution is -2.75. The van der Waals surface area contributed by atoms with Crippen LogP contribution < -0.4 is 67.7 Å². The van der Waals surface area contributed by atoms with Crippen LogP contribution in [0.2, 0.25) is 0 Å². The monoisotopic (exact) mass is 1250 g/mol. The summed E-state index contributed by atoms with van der Waals surface area (Å²) >= 11 is 0. The molecule has 0 radical (unpaired) electrons. The number of hydrogen-bond acceptors (Lipinski definition) is 2. The molecule has 0 bridgehead atoms. The Morgan fingerprint density at radius 1 is 0.208 bits per heavy atom. The van der Waals surface area contributed by atoms with E-state index in [1.165, 1.54) is 90.9 Å². The molecule has 2 aliphatic rings. The first-order valence-electron chi connectivity index (χ1n) is 33.3. The Hall–Kier alpha value is -11.8. The predicted molar refractivity (Wildman–Crippen MR) is 413 cm³/mol. The second-order valence-corrected chi connectivity index (χ2v) is 33.1. The number of hydrogen-bond donors (Lipinski definition) is 0. The van der Waals surface area contributed by atoms with Crippen molar-refractivity contribution >= 4 is 137 Å². The molecule has 0 spiro atoms. The summed E-state index contributed by atoms with van der Waals surface area (Å²) < 4.78 is 2.52. The molecule has 6 heteroatoms. The highest BCUT2D eigenvalue weighted by atomic mass is 28.3. The van der Waals surface area contributed by atoms with E-state index in [1.54, 1.807) is 0 Å². The summed E-state index contributed by atoms with van der Waals surface area (Å²) in [7, 11) is -6.21. The number of rotatable bonds is 13. The minimum absolute atomic E-state index is 0.226. The second-order valence-electron chi connectivity index (χ2n) is 25.4. The van der Waals surface area contributed by atoms with Gasteiger partial charge in [-0.15, -0.1) is 0 Å². The van der Waals surface area contributed by atoms with E-state index < -0.39 is 16.1 Å². The fraction of sp³-hybridized carbons (Fsp3) is 0. The van der Waals surface area contributed by atoms with Crippen molar-refractivity contribution in [1.82, 2.24) is 4.57 Å². The van der Waals surface area contributed by atoms with E-state index in [0.717, 1.165) is 50.8 Å². The summed E-state index contributed by atoms with van der Waals surface area (Å²) in [5.41, 5.74) is 18.7. The zero-order valence-corrected chi connectivity index (χ0v) is 54.9. The third kappa shape index (κ3) is 9.09. The fourth-order valence-corrected chi connectivity index (χ4v) is 25.9. The van der Waals surface area contributed by atoms with Gasteiger partial charge < -0.3 is 14.4 Å². The Bertz CT molecular complexity index is 5260. The van der Waals surface area contributed by atoms with E-state index in [-0.39, 0.29) is 6.71 Å². The third-order valence-corrected chi connectivity index (χ3v) is 30.0. The lowest BCUT2D eigenvalue weighted by atomic mass is 9.33. The number of para-hydroxylation sites is 2. The normalized spacial score (nSPS) is 12.5. The molecule has 0 saturated carbocycles. The van der Waals surface area contributed by atoms with Crippen molar-refractivity contribution in [1.29, 1.82) is 0 Å². The topological polar surface area (TPSA) is 11.4 Å². The van der Waals surface area contributed by atoms with Crippen molar-refractivity contribution in [3.05, 3.63) is 388 Å². The molecule has 0 fully saturated rings. The highest BCUT2D eigenvalue weighted by Gasteiger charge is 2.49. The van der Waals surface area contributed by atoms with Crippen LogP contribution in [0.25, 0.3) is 49.7 Å². The van der Waals surface area contributed by atoms with Gasteiger partial charge in [0, 0.05) is 44.9 Å². The van der Waals surface area contributed by atoms with Gasteiger partial charge in [-0.05, 0) is 141 Å². The molecule has 0 amide bonds. The van der Waals surface area contributed by atoms with Gasteiger partial charge in [-0.2, -0.15) is 0 Å². The van der Waals surface area contributed by atoms with Crippen LogP contribution in [-0.4, -0.2) is 27.4 Å². The molecule has 0 atom stereocenters. The maximum absolute atomic E-state index is 3.11. The molecular formula is C90H64BN3Si2. The number of fused-ring (bicyclic) bond motifs is 7. The fourth-order valence-electron chi connectivity index (χ4n) is 16.3. The molecule has 1 aromatic heterocycles. The minimum atomic E-state index is -3.11. The second kappa shape index (κ2) is 23.6. The van der Waals surface area contributed by atoms with Gasteiger partial charge in [0.25, 0.3) is 6.71 Å². The minimum Gasteiger partial charge on any atom is -0.311 e. The van der Waals surface area contributed by atoms with Crippen LogP contribution in [0.5, 0.6) is 0 Å². The van der Waals surface area contributed by atoms with E-state index >= 15 is 0 Å². The molecule has 0 N–H and O–H groups in total. The first-order chi connectivity index (χ1) is 47.6. The SMILES string of the molecule is c1ccc(-c2ccc(N3c4ccc([Si](c5ccccc5)(c5ccccc5)c5ccccc5)cc4B4c5ccc([Si](c6ccccc6)(c6ccccc6)c6ccccc6)cc5N(c5ccc(-c6ccccc6)cc5)c5cc(-n6c7ccccc7c7ccccc76)cc3c54)cc2)cc1. The van der Waals surface area contributed by atoms with Crippen molar-refractivity contribution in [2.75, 3.05) is 9.80 Å². The molecule has 2 aliphatic heterocycles. The molecule has 3 nitrogen and oxygen atoms in total. The standard InChI is InChI=1S/C90H64BN3Si2/c1-9-29-65(30-10-1)67-49-53-69(54-50-67)92-86-60-58-78(95(72-33-13-3-14-34-72,73-35-15-4-16-36-73)74-37-17-5-18-38-74)63-83(86)91-82-59-57-79(96(75-39-19-6-20-40-75,76-41-21-7-22-42-76)77-43-23-8-24-44-77)64-87(82)93(70-55-51-68(52-56-70)66-31-11-2-12-32-66)89-62-71(61-88(92)90(89)91)94-84-47-27-25-45-80(84)81-46-26-28-48-85(81)94/h1-64H. The quantitative estimate of drug-likeness (QED) is 0.0842. The zero-order chi connectivity index (χ0) is 63.6. The van der Waals surface area contributed by atoms with Crippen LogP contribution in [-0.2, 0) is 0 Å². The highest BCUT2D eigenvalue weighted by Crippen LogP contribution is 2.47. The maximum Gasteiger partial charge on any atom is 0.252 e. The molecule has 96 heavy (non-hydrogen) atoms. The van der Waals surface area contributed by atoms with Crippen molar-refractivity contribution in [3.8, 4) is 27.9 Å². The van der Waals surface area contributed by atoms with E-state index in [2.05, 4.69) is 403 Å². The van der Waals surface area contributed by atoms with Crippen molar-refractivity contribution in [2.45, 2.75) is 0 Å². The Morgan fingerprint density at radius 3 is 0.927 bits per heavy atom. The average Bonchev–Trinajstić information content (AvgIpc) is 0.793. The van der Waals surface area contributed by atoms with Crippen LogP contribution >= 0.6 is 0 Å². The molecule has 0 aliphatic carbocycles. The van der Waals surface area contributed by atoms with E-state index in [9.17, 15) is 0 Å². The van der Waals surface area contributed by atoms with E-state index in [0.29, 0.717) is 0 Å². The first-order valence-corrected chi connectivity index (χ1v) is 37.3. The molecular weight excluding hydrogens is 1190 g/mol. The lowest BCUT2D eigenvalue weighted by Gasteiger charge is -2.46. The number of nitrogens with zero attached hydrogens (tertiary/aromatic N) is 3. The van der Waals surface area contributed by atoms with Gasteiger partial charge in [0.05, 0.1) is 16.7 Å². The summed E-state index contributed by atoms with van der Waals surface area (Å²) in [6.07, 6.45) is 0. The molecule has 0 unspecified atom stereocenters. The third-order valence-electron chi connectivity index (χ3n) is 20.5. The molecule has 450 valence electrons. The summed E-state index contributed by atoms with van der Waals surface area (Å²) in [5.74, 6) is 0. The van der Waals surface area contributed by atoms with Crippen LogP contribution in [0.1, 0.15) is 0 Å². The van der Waals surface area contributed by atoms with Crippen LogP contribution in [0.15, 0.2) is 388 Å². The smallest absolute Gasteiger partial charge is 0.252 e. The van der Waals surface area contributed by atoms with Crippen molar-refractivity contribution in [2.24, 2.45) is 0 Å². The highest BCUT2D eigenvalue weighted by molar-refractivity contribution is 7.21. The van der Waals surface area contributed by atoms with Gasteiger partial charge in [0.2, 0.25) is 0 Å². The Morgan fingerprint density at radius 2 is 0.531 bits per heavy atom. The van der Waals surface area contributed by atoms with E-state index in [1.807, 2.05) is 0 Å². The maximum atomic E-state index is 2.66. The first kappa shape index (κ1) is 56.9. The van der Waals surface area contributed by atoms with Gasteiger partial charge in [-0.25, -0.2) is 0 Å². The van der Waals surface area contributed by atoms with Crippen LogP contribution in [0, 0.1) is 0 Å². The van der Waals surface area contributed by atoms with Crippen LogP contribution in [0.4, 0.5) is 34.1 Å². The number of aromatic nitrogens is 1. The van der Waals surface area contributed by atoms with Gasteiger partial charge in [-0.3, -0.25) is 0 Å². The zero-order valence-electron chi connectivity index (χ0n) is 52.9. The summed E-state index contributed by atoms with van der Waals surface area (Å²) in [6, 6.07) is 147. The molecule has 15 aromatic carbocycles. The number of benzene rings is 15. The lowest BCUT2D eigenvalue weighted by molar-refractivity contribution is 1.16. The summed E-state index contributed by atoms with van der Waals surface area (Å²) in [4.78, 5) is 5.24. The summed E-state index contributed by atoms with van der Waals surface area (Å²) in [5, 5.41) is 13.1. The number of anilines is 6. The van der Waals surface area contributed by atoms with Crippen LogP contribution in [0.3, 0.4) is 0 Å². The van der Waals surface area contributed by atoms with Crippen molar-refractivity contribution < 1.29 is 0 Å². The predicted octanol–water partition coefficient (Wildman–Crippen LogP) is 15.0. The van der Waals surface area contributed by atoms with Gasteiger partial charge in [0.15, 0.2) is 16.1 Å². The van der Waals surface area contributed by atoms with Crippen molar-refractivity contribution in [3.63, 3.8) is 0 Å².